The van der Waals surface area contributed by atoms with Crippen molar-refractivity contribution >= 4 is 38.8 Å². The molecule has 8 heteroatoms. The Bertz CT molecular complexity index is 1280. The van der Waals surface area contributed by atoms with Crippen LogP contribution in [0.3, 0.4) is 0 Å². The quantitative estimate of drug-likeness (QED) is 0.398. The van der Waals surface area contributed by atoms with Crippen LogP contribution in [0.1, 0.15) is 58.3 Å². The summed E-state index contributed by atoms with van der Waals surface area (Å²) in [5, 5.41) is 0.419. The third-order valence-corrected chi connectivity index (χ3v) is 6.84. The summed E-state index contributed by atoms with van der Waals surface area (Å²) in [7, 11) is 1.33. The Hall–Kier alpha value is -2.97. The van der Waals surface area contributed by atoms with Crippen LogP contribution in [-0.4, -0.2) is 55.0 Å². The second kappa shape index (κ2) is 10.1. The van der Waals surface area contributed by atoms with Crippen molar-refractivity contribution in [1.29, 1.82) is 0 Å². The molecule has 0 spiro atoms. The van der Waals surface area contributed by atoms with Gasteiger partial charge in [-0.05, 0) is 62.0 Å². The number of fused-ring (bicyclic) bond motifs is 2. The van der Waals surface area contributed by atoms with Gasteiger partial charge in [0.15, 0.2) is 5.43 Å². The molecule has 0 saturated heterocycles. The van der Waals surface area contributed by atoms with Crippen molar-refractivity contribution in [1.82, 2.24) is 9.80 Å². The Labute approximate surface area is 206 Å². The fourth-order valence-corrected chi connectivity index (χ4v) is 4.85. The van der Waals surface area contributed by atoms with E-state index in [0.717, 1.165) is 36.1 Å². The highest BCUT2D eigenvalue weighted by molar-refractivity contribution is 9.10. The minimum absolute atomic E-state index is 0.0877. The largest absolute Gasteiger partial charge is 0.465 e. The van der Waals surface area contributed by atoms with Gasteiger partial charge < -0.3 is 19.0 Å². The normalized spacial score (nSPS) is 15.3. The molecule has 1 amide bonds. The fraction of sp³-hybridized carbons (Fsp3) is 0.346. The fourth-order valence-electron chi connectivity index (χ4n) is 4.49. The number of nitrogens with zero attached hydrogens (tertiary/aromatic N) is 2. The van der Waals surface area contributed by atoms with E-state index in [4.69, 9.17) is 9.15 Å². The van der Waals surface area contributed by atoms with Crippen molar-refractivity contribution in [3.8, 4) is 0 Å². The molecule has 7 nitrogen and oxygen atoms in total. The van der Waals surface area contributed by atoms with Crippen molar-refractivity contribution in [3.05, 3.63) is 79.6 Å². The Kier molecular flexibility index (Phi) is 7.19. The number of carbonyl (C=O) groups is 2. The molecule has 1 unspecified atom stereocenters. The van der Waals surface area contributed by atoms with E-state index in [0.29, 0.717) is 28.6 Å². The van der Waals surface area contributed by atoms with Gasteiger partial charge in [-0.3, -0.25) is 9.59 Å². The summed E-state index contributed by atoms with van der Waals surface area (Å²) in [4.78, 5) is 43.0. The Balaban J connectivity index is 1.79. The number of amides is 1. The third kappa shape index (κ3) is 4.40. The van der Waals surface area contributed by atoms with Gasteiger partial charge in [0.05, 0.1) is 29.7 Å². The zero-order valence-corrected chi connectivity index (χ0v) is 21.1. The van der Waals surface area contributed by atoms with Crippen molar-refractivity contribution in [3.63, 3.8) is 0 Å². The first kappa shape index (κ1) is 24.2. The van der Waals surface area contributed by atoms with Crippen molar-refractivity contribution in [2.45, 2.75) is 26.3 Å². The number of hydrogen-bond donors (Lipinski definition) is 0. The predicted octanol–water partition coefficient (Wildman–Crippen LogP) is 4.62. The summed E-state index contributed by atoms with van der Waals surface area (Å²) in [6, 6.07) is 11.4. The van der Waals surface area contributed by atoms with Gasteiger partial charge in [0.2, 0.25) is 5.76 Å². The first-order chi connectivity index (χ1) is 16.4. The lowest BCUT2D eigenvalue weighted by Crippen LogP contribution is -2.33. The molecule has 0 N–H and O–H groups in total. The van der Waals surface area contributed by atoms with Gasteiger partial charge in [-0.2, -0.15) is 0 Å². The molecule has 0 aliphatic carbocycles. The molecule has 2 heterocycles. The molecule has 0 fully saturated rings. The Morgan fingerprint density at radius 3 is 2.47 bits per heavy atom. The Morgan fingerprint density at radius 1 is 1.12 bits per heavy atom. The molecule has 4 rings (SSSR count). The number of esters is 1. The molecule has 1 atom stereocenters. The van der Waals surface area contributed by atoms with Crippen LogP contribution in [0.4, 0.5) is 0 Å². The molecule has 2 aromatic carbocycles. The van der Waals surface area contributed by atoms with Crippen LogP contribution in [0.2, 0.25) is 0 Å². The lowest BCUT2D eigenvalue weighted by atomic mass is 9.97. The van der Waals surface area contributed by atoms with Crippen LogP contribution in [0, 0.1) is 0 Å². The first-order valence-electron chi connectivity index (χ1n) is 11.4. The van der Waals surface area contributed by atoms with Crippen molar-refractivity contribution in [2.75, 3.05) is 33.3 Å². The van der Waals surface area contributed by atoms with E-state index in [1.165, 1.54) is 7.11 Å². The SMILES string of the molecule is CCN(CC)CCCN1C(=O)c2oc3ccc(Br)cc3c(=O)c2C1c1ccc(C(=O)OC)cc1. The number of hydrogen-bond acceptors (Lipinski definition) is 6. The Morgan fingerprint density at radius 2 is 1.82 bits per heavy atom. The summed E-state index contributed by atoms with van der Waals surface area (Å²) in [5.41, 5.74) is 1.64. The average molecular weight is 527 g/mol. The van der Waals surface area contributed by atoms with E-state index >= 15 is 0 Å². The topological polar surface area (TPSA) is 80.1 Å². The van der Waals surface area contributed by atoms with Crippen molar-refractivity contribution in [2.24, 2.45) is 0 Å². The number of halogens is 1. The summed E-state index contributed by atoms with van der Waals surface area (Å²) >= 11 is 3.41. The van der Waals surface area contributed by atoms with E-state index in [2.05, 4.69) is 34.7 Å². The molecule has 178 valence electrons. The van der Waals surface area contributed by atoms with E-state index in [-0.39, 0.29) is 17.1 Å². The molecule has 3 aromatic rings. The third-order valence-electron chi connectivity index (χ3n) is 6.34. The highest BCUT2D eigenvalue weighted by atomic mass is 79.9. The van der Waals surface area contributed by atoms with Crippen LogP contribution >= 0.6 is 15.9 Å². The molecule has 0 radical (unpaired) electrons. The zero-order valence-electron chi connectivity index (χ0n) is 19.5. The molecule has 1 aromatic heterocycles. The summed E-state index contributed by atoms with van der Waals surface area (Å²) < 4.78 is 11.5. The number of ether oxygens (including phenoxy) is 1. The maximum Gasteiger partial charge on any atom is 0.337 e. The molecule has 1 aliphatic rings. The van der Waals surface area contributed by atoms with E-state index in [9.17, 15) is 14.4 Å². The molecular formula is C26H27BrN2O5. The van der Waals surface area contributed by atoms with Crippen molar-refractivity contribution < 1.29 is 18.7 Å². The molecule has 0 saturated carbocycles. The first-order valence-corrected chi connectivity index (χ1v) is 12.2. The van der Waals surface area contributed by atoms with Crippen LogP contribution in [0.25, 0.3) is 11.0 Å². The lowest BCUT2D eigenvalue weighted by molar-refractivity contribution is 0.0599. The molecule has 1 aliphatic heterocycles. The highest BCUT2D eigenvalue weighted by Gasteiger charge is 2.42. The van der Waals surface area contributed by atoms with Crippen LogP contribution in [-0.2, 0) is 4.74 Å². The lowest BCUT2D eigenvalue weighted by Gasteiger charge is -2.26. The summed E-state index contributed by atoms with van der Waals surface area (Å²) in [6.07, 6.45) is 0.761. The van der Waals surface area contributed by atoms with Gasteiger partial charge in [0, 0.05) is 11.0 Å². The van der Waals surface area contributed by atoms with E-state index in [1.807, 2.05) is 0 Å². The predicted molar refractivity (Wildman–Crippen MR) is 133 cm³/mol. The zero-order chi connectivity index (χ0) is 24.4. The molecule has 34 heavy (non-hydrogen) atoms. The van der Waals surface area contributed by atoms with E-state index in [1.54, 1.807) is 47.4 Å². The van der Waals surface area contributed by atoms with Crippen LogP contribution in [0.15, 0.2) is 56.1 Å². The maximum atomic E-state index is 13.6. The minimum atomic E-state index is -0.592. The monoisotopic (exact) mass is 526 g/mol. The highest BCUT2D eigenvalue weighted by Crippen LogP contribution is 2.38. The second-order valence-corrected chi connectivity index (χ2v) is 9.13. The number of benzene rings is 2. The van der Waals surface area contributed by atoms with Gasteiger partial charge in [0.25, 0.3) is 5.91 Å². The van der Waals surface area contributed by atoms with Gasteiger partial charge in [-0.25, -0.2) is 4.79 Å². The van der Waals surface area contributed by atoms with Crippen LogP contribution < -0.4 is 5.43 Å². The second-order valence-electron chi connectivity index (χ2n) is 8.21. The van der Waals surface area contributed by atoms with Gasteiger partial charge >= 0.3 is 5.97 Å². The van der Waals surface area contributed by atoms with E-state index < -0.39 is 12.0 Å². The average Bonchev–Trinajstić information content (AvgIpc) is 3.13. The standard InChI is InChI=1S/C26H27BrN2O5/c1-4-28(5-2)13-6-14-29-22(16-7-9-17(10-8-16)26(32)33-3)21-23(30)19-15-18(27)11-12-20(19)34-24(21)25(29)31/h7-12,15,22H,4-6,13-14H2,1-3H3. The number of rotatable bonds is 8. The number of carbonyl (C=O) groups excluding carboxylic acids is 2. The number of methoxy groups -OCH3 is 1. The molecule has 0 bridgehead atoms. The summed E-state index contributed by atoms with van der Waals surface area (Å²) in [6.45, 7) is 7.41. The molecular weight excluding hydrogens is 500 g/mol. The summed E-state index contributed by atoms with van der Waals surface area (Å²) in [5.74, 6) is -0.649. The maximum absolute atomic E-state index is 13.6. The smallest absolute Gasteiger partial charge is 0.337 e. The van der Waals surface area contributed by atoms with Gasteiger partial charge in [0.1, 0.15) is 5.58 Å². The minimum Gasteiger partial charge on any atom is -0.465 e. The van der Waals surface area contributed by atoms with Gasteiger partial charge in [-0.15, -0.1) is 0 Å². The van der Waals surface area contributed by atoms with Crippen LogP contribution in [0.5, 0.6) is 0 Å². The van der Waals surface area contributed by atoms with Gasteiger partial charge in [-0.1, -0.05) is 41.9 Å².